The van der Waals surface area contributed by atoms with Gasteiger partial charge < -0.3 is 31.3 Å². The van der Waals surface area contributed by atoms with Crippen molar-refractivity contribution in [1.29, 1.82) is 0 Å². The zero-order chi connectivity index (χ0) is 104. The van der Waals surface area contributed by atoms with Gasteiger partial charge in [-0.3, -0.25) is 0 Å². The summed E-state index contributed by atoms with van der Waals surface area (Å²) in [5.74, 6) is 10.9. The van der Waals surface area contributed by atoms with Crippen LogP contribution in [0.3, 0.4) is 0 Å². The number of benzene rings is 15. The van der Waals surface area contributed by atoms with Crippen molar-refractivity contribution >= 4 is 105 Å². The van der Waals surface area contributed by atoms with Crippen molar-refractivity contribution in [2.75, 3.05) is 33.7 Å². The van der Waals surface area contributed by atoms with Gasteiger partial charge in [-0.05, 0) is 271 Å². The Hall–Kier alpha value is -16.7. The summed E-state index contributed by atoms with van der Waals surface area (Å²) in [5.41, 5.74) is 26.1. The maximum atomic E-state index is 6.14. The monoisotopic (exact) mass is 2040 g/mol. The molecule has 0 unspecified atom stereocenters. The topological polar surface area (TPSA) is 263 Å². The molecule has 20 rings (SSSR count). The molecule has 0 bridgehead atoms. The lowest BCUT2D eigenvalue weighted by atomic mass is 10.0. The van der Waals surface area contributed by atoms with Crippen molar-refractivity contribution in [2.24, 2.45) is 0 Å². The lowest BCUT2D eigenvalue weighted by Crippen LogP contribution is -2.09. The molecule has 0 aliphatic rings. The van der Waals surface area contributed by atoms with Crippen molar-refractivity contribution in [3.8, 4) is 5.75 Å². The number of ether oxygens (including phenoxy) is 1. The van der Waals surface area contributed by atoms with E-state index in [1.807, 2.05) is 206 Å². The Balaban J connectivity index is 0.000000133. The average molecular weight is 2040 g/mol. The van der Waals surface area contributed by atoms with Crippen LogP contribution in [0.25, 0.3) is 0 Å². The molecule has 744 valence electrons. The molecule has 0 amide bonds. The molecule has 0 radical (unpaired) electrons. The van der Waals surface area contributed by atoms with Crippen LogP contribution >= 0.6 is 46.4 Å². The van der Waals surface area contributed by atoms with Crippen molar-refractivity contribution in [1.82, 2.24) is 74.8 Å². The van der Waals surface area contributed by atoms with E-state index in [2.05, 4.69) is 282 Å². The Labute approximate surface area is 891 Å². The molecule has 5 heterocycles. The number of nitrogens with one attached hydrogen (secondary N) is 5. The highest BCUT2D eigenvalue weighted by atomic mass is 35.5. The molecule has 0 saturated carbocycles. The van der Waals surface area contributed by atoms with E-state index in [4.69, 9.17) is 96.0 Å². The third kappa shape index (κ3) is 33.2. The van der Waals surface area contributed by atoms with E-state index in [9.17, 15) is 0 Å². The summed E-state index contributed by atoms with van der Waals surface area (Å²) in [4.78, 5) is 70.5. The molecule has 0 spiro atoms. The van der Waals surface area contributed by atoms with Crippen LogP contribution in [0, 0.1) is 55.4 Å². The highest BCUT2D eigenvalue weighted by Gasteiger charge is 2.19. The molecule has 0 saturated heterocycles. The zero-order valence-electron chi connectivity index (χ0n) is 84.5. The molecule has 20 aromatic rings. The predicted molar refractivity (Wildman–Crippen MR) is 605 cm³/mol. The smallest absolute Gasteiger partial charge is 0.230 e. The number of aromatic nitrogens is 15. The van der Waals surface area contributed by atoms with Crippen LogP contribution < -0.4 is 31.3 Å². The van der Waals surface area contributed by atoms with Crippen LogP contribution in [0.2, 0.25) is 20.1 Å². The number of nitrogens with zero attached hydrogens (tertiary/aromatic N) is 15. The maximum absolute atomic E-state index is 6.14. The summed E-state index contributed by atoms with van der Waals surface area (Å²) in [6, 6.07) is 125. The van der Waals surface area contributed by atoms with Crippen molar-refractivity contribution in [2.45, 2.75) is 120 Å². The van der Waals surface area contributed by atoms with Crippen LogP contribution in [0.4, 0.5) is 58.2 Å². The number of hydrogen-bond donors (Lipinski definition) is 5. The highest BCUT2D eigenvalue weighted by molar-refractivity contribution is 6.31. The third-order valence-electron chi connectivity index (χ3n) is 24.3. The summed E-state index contributed by atoms with van der Waals surface area (Å²) < 4.78 is 5.22. The Morgan fingerprint density at radius 1 is 0.181 bits per heavy atom. The van der Waals surface area contributed by atoms with Crippen LogP contribution in [-0.4, -0.2) is 81.9 Å². The maximum Gasteiger partial charge on any atom is 0.230 e. The van der Waals surface area contributed by atoms with E-state index in [-0.39, 0.29) is 0 Å². The van der Waals surface area contributed by atoms with Gasteiger partial charge in [0.15, 0.2) is 0 Å². The van der Waals surface area contributed by atoms with Crippen LogP contribution in [-0.2, 0) is 64.2 Å². The van der Waals surface area contributed by atoms with Crippen molar-refractivity contribution in [3.63, 3.8) is 0 Å². The molecule has 21 nitrogen and oxygen atoms in total. The fourth-order valence-corrected chi connectivity index (χ4v) is 17.2. The standard InChI is InChI=1S/2C26H26N4.C25H24N4.C24H20Cl2N4O.C23H18Cl2N4/c1-18-9-8-14-23(15-18)27-26-29-24(16-21-12-6-4-10-19(21)2)28-25(30-26)17-22-13-7-5-11-20(22)3;1-18-12-14-23(15-13-18)27-26-29-24(16-21-10-6-4-8-19(21)2)28-25(30-26)17-22-11-7-5-9-20(22)3;1-18-10-6-8-12-20(18)16-23-27-24(17-21-13-9-7-11-19(21)2)29-25(28-23)26-22-14-4-3-5-15-22;1-31-21-10-8-20(9-11-21)27-24-29-22(14-16-4-2-6-18(25)12-16)28-23(30-24)15-17-5-3-7-19(26)13-17;24-18-8-4-6-16(12-18)14-21-27-22(15-17-7-5-9-19(25)13-17)29-23(28-21)26-20-10-2-1-3-11-20/h2*4-15H,16-17H2,1-3H3,(H,27,28,29,30);3-15H,16-17H2,1-2H3,(H,26,27,28,29);2-13H,14-15H2,1H3,(H,27,28,29,30);1-13H,14-15H2,(H,26,27,28,29). The first kappa shape index (κ1) is 105. The third-order valence-corrected chi connectivity index (χ3v) is 25.2. The summed E-state index contributed by atoms with van der Waals surface area (Å²) in [7, 11) is 1.64. The number of hydrogen-bond acceptors (Lipinski definition) is 21. The molecule has 0 fully saturated rings. The largest absolute Gasteiger partial charge is 0.497 e. The minimum Gasteiger partial charge on any atom is -0.497 e. The molecular formula is C124H114Cl4N20O. The quantitative estimate of drug-likeness (QED) is 0.0270. The van der Waals surface area contributed by atoms with Gasteiger partial charge in [0.1, 0.15) is 64.0 Å². The Kier molecular flexibility index (Phi) is 37.3. The molecule has 15 aromatic carbocycles. The van der Waals surface area contributed by atoms with Gasteiger partial charge in [-0.25, -0.2) is 24.9 Å². The van der Waals surface area contributed by atoms with E-state index < -0.39 is 0 Å². The van der Waals surface area contributed by atoms with Gasteiger partial charge in [0.2, 0.25) is 29.7 Å². The van der Waals surface area contributed by atoms with E-state index in [1.165, 1.54) is 77.9 Å². The Morgan fingerprint density at radius 3 is 0.624 bits per heavy atom. The van der Waals surface area contributed by atoms with Gasteiger partial charge in [-0.15, -0.1) is 0 Å². The molecular weight excluding hydrogens is 1930 g/mol. The minimum atomic E-state index is 0.481. The summed E-state index contributed by atoms with van der Waals surface area (Å²) >= 11 is 24.5. The fraction of sp³-hybridized carbons (Fsp3) is 0.153. The van der Waals surface area contributed by atoms with E-state index in [1.54, 1.807) is 7.11 Å². The second-order valence-corrected chi connectivity index (χ2v) is 37.9. The Morgan fingerprint density at radius 2 is 0.389 bits per heavy atom. The van der Waals surface area contributed by atoms with Gasteiger partial charge in [-0.1, -0.05) is 307 Å². The summed E-state index contributed by atoms with van der Waals surface area (Å²) in [6.45, 7) is 16.9. The SMILES string of the molecule is COc1ccc(Nc2nc(Cc3cccc(Cl)c3)nc(Cc3cccc(Cl)c3)n2)cc1.Cc1ccc(Nc2nc(Cc3ccccc3C)nc(Cc3ccccc3C)n2)cc1.Cc1cccc(Nc2nc(Cc3ccccc3C)nc(Cc3ccccc3C)n2)c1.Cc1ccccc1Cc1nc(Cc2ccccc2C)nc(Nc2ccccc2)n1.Clc1cccc(Cc2nc(Cc3cccc(Cl)c3)nc(Nc3ccccc3)n2)c1. The minimum absolute atomic E-state index is 0.481. The van der Waals surface area contributed by atoms with Crippen LogP contribution in [0.1, 0.15) is 158 Å². The van der Waals surface area contributed by atoms with Crippen molar-refractivity contribution in [3.05, 3.63) is 555 Å². The van der Waals surface area contributed by atoms with E-state index >= 15 is 0 Å². The molecule has 149 heavy (non-hydrogen) atoms. The fourth-order valence-electron chi connectivity index (χ4n) is 16.3. The number of rotatable bonds is 31. The first-order chi connectivity index (χ1) is 72.5. The second-order valence-electron chi connectivity index (χ2n) is 36.1. The lowest BCUT2D eigenvalue weighted by molar-refractivity contribution is 0.415. The lowest BCUT2D eigenvalue weighted by Gasteiger charge is -2.11. The number of methoxy groups -OCH3 is 1. The van der Waals surface area contributed by atoms with Gasteiger partial charge in [0.05, 0.1) is 7.11 Å². The van der Waals surface area contributed by atoms with Gasteiger partial charge in [-0.2, -0.15) is 49.8 Å². The molecule has 5 aromatic heterocycles. The van der Waals surface area contributed by atoms with Gasteiger partial charge in [0.25, 0.3) is 0 Å². The van der Waals surface area contributed by atoms with E-state index in [0.29, 0.717) is 137 Å². The first-order valence-electron chi connectivity index (χ1n) is 49.2. The molecule has 0 aliphatic heterocycles. The summed E-state index contributed by atoms with van der Waals surface area (Å²) in [6.07, 6.45) is 6.29. The van der Waals surface area contributed by atoms with Gasteiger partial charge in [0, 0.05) is 113 Å². The molecule has 25 heteroatoms. The normalized spacial score (nSPS) is 10.7. The van der Waals surface area contributed by atoms with Gasteiger partial charge >= 0.3 is 0 Å². The van der Waals surface area contributed by atoms with Crippen molar-refractivity contribution < 1.29 is 4.74 Å². The van der Waals surface area contributed by atoms with E-state index in [0.717, 1.165) is 91.4 Å². The first-order valence-corrected chi connectivity index (χ1v) is 50.7. The number of halogens is 4. The van der Waals surface area contributed by atoms with Crippen LogP contribution in [0.5, 0.6) is 5.75 Å². The highest BCUT2D eigenvalue weighted by Crippen LogP contribution is 2.29. The molecule has 0 aliphatic carbocycles. The predicted octanol–water partition coefficient (Wildman–Crippen LogP) is 29.1. The number of anilines is 10. The number of aryl methyl sites for hydroxylation is 8. The molecule has 5 N–H and O–H groups in total. The zero-order valence-corrected chi connectivity index (χ0v) is 87.5. The summed E-state index contributed by atoms with van der Waals surface area (Å²) in [5, 5.41) is 19.3. The molecule has 0 atom stereocenters. The Bertz CT molecular complexity index is 7540. The van der Waals surface area contributed by atoms with Crippen LogP contribution in [0.15, 0.2) is 376 Å². The second kappa shape index (κ2) is 52.9. The number of para-hydroxylation sites is 2. The average Bonchev–Trinajstić information content (AvgIpc) is 0.834.